The number of nitrogens with zero attached hydrogens (tertiary/aromatic N) is 1. The molecule has 0 saturated heterocycles. The van der Waals surface area contributed by atoms with Gasteiger partial charge in [-0.3, -0.25) is 0 Å². The number of hydrogen-bond donors (Lipinski definition) is 1. The molecular weight excluding hydrogens is 212 g/mol. The fourth-order valence-electron chi connectivity index (χ4n) is 2.36. The molecule has 0 heterocycles. The first-order chi connectivity index (χ1) is 8.33. The number of nitrogens with one attached hydrogen (secondary N) is 1. The third-order valence-corrected chi connectivity index (χ3v) is 3.40. The van der Waals surface area contributed by atoms with Gasteiger partial charge in [0.2, 0.25) is 0 Å². The Hall–Kier alpha value is -1.69. The average molecular weight is 230 g/mol. The summed E-state index contributed by atoms with van der Waals surface area (Å²) in [5.41, 5.74) is 1.57. The molecule has 0 unspecified atom stereocenters. The van der Waals surface area contributed by atoms with E-state index in [2.05, 4.69) is 11.4 Å². The van der Waals surface area contributed by atoms with Crippen molar-refractivity contribution in [1.29, 1.82) is 5.26 Å². The van der Waals surface area contributed by atoms with Crippen molar-refractivity contribution in [3.63, 3.8) is 0 Å². The van der Waals surface area contributed by atoms with Crippen molar-refractivity contribution < 1.29 is 4.74 Å². The number of rotatable bonds is 4. The van der Waals surface area contributed by atoms with Crippen LogP contribution in [0.1, 0.15) is 31.2 Å². The van der Waals surface area contributed by atoms with Gasteiger partial charge in [-0.2, -0.15) is 5.26 Å². The predicted octanol–water partition coefficient (Wildman–Crippen LogP) is 3.17. The molecule has 0 radical (unpaired) electrons. The topological polar surface area (TPSA) is 45.0 Å². The van der Waals surface area contributed by atoms with Crippen molar-refractivity contribution in [3.05, 3.63) is 23.8 Å². The molecule has 17 heavy (non-hydrogen) atoms. The summed E-state index contributed by atoms with van der Waals surface area (Å²) in [5.74, 6) is 1.55. The molecule has 3 nitrogen and oxygen atoms in total. The molecule has 1 aliphatic carbocycles. The van der Waals surface area contributed by atoms with Gasteiger partial charge in [0.15, 0.2) is 0 Å². The lowest BCUT2D eigenvalue weighted by atomic mass is 10.1. The van der Waals surface area contributed by atoms with Crippen LogP contribution >= 0.6 is 0 Å². The van der Waals surface area contributed by atoms with Crippen LogP contribution in [0.2, 0.25) is 0 Å². The Morgan fingerprint density at radius 2 is 2.18 bits per heavy atom. The highest BCUT2D eigenvalue weighted by atomic mass is 16.5. The number of benzene rings is 1. The number of hydrogen-bond acceptors (Lipinski definition) is 3. The Labute approximate surface area is 102 Å². The lowest BCUT2D eigenvalue weighted by molar-refractivity contribution is 0.415. The summed E-state index contributed by atoms with van der Waals surface area (Å²) < 4.78 is 5.18. The van der Waals surface area contributed by atoms with E-state index in [0.29, 0.717) is 5.56 Å². The third kappa shape index (κ3) is 2.91. The first-order valence-corrected chi connectivity index (χ1v) is 6.15. The van der Waals surface area contributed by atoms with Crippen LogP contribution in [0.15, 0.2) is 18.2 Å². The summed E-state index contributed by atoms with van der Waals surface area (Å²) in [7, 11) is 1.64. The number of anilines is 1. The molecule has 0 amide bonds. The van der Waals surface area contributed by atoms with E-state index in [1.165, 1.54) is 25.7 Å². The van der Waals surface area contributed by atoms with Crippen LogP contribution in [-0.4, -0.2) is 13.7 Å². The number of methoxy groups -OCH3 is 1. The highest BCUT2D eigenvalue weighted by molar-refractivity contribution is 5.60. The molecule has 90 valence electrons. The minimum atomic E-state index is 0.684. The minimum absolute atomic E-state index is 0.684. The van der Waals surface area contributed by atoms with E-state index >= 15 is 0 Å². The summed E-state index contributed by atoms with van der Waals surface area (Å²) in [6.45, 7) is 0.960. The highest BCUT2D eigenvalue weighted by Crippen LogP contribution is 2.27. The van der Waals surface area contributed by atoms with Crippen molar-refractivity contribution in [2.24, 2.45) is 5.92 Å². The third-order valence-electron chi connectivity index (χ3n) is 3.40. The van der Waals surface area contributed by atoms with E-state index in [-0.39, 0.29) is 0 Å². The van der Waals surface area contributed by atoms with Gasteiger partial charge in [0.05, 0.1) is 18.4 Å². The molecule has 1 saturated carbocycles. The normalized spacial score (nSPS) is 15.5. The van der Waals surface area contributed by atoms with E-state index in [1.54, 1.807) is 13.2 Å². The quantitative estimate of drug-likeness (QED) is 0.864. The first kappa shape index (κ1) is 11.8. The number of nitriles is 1. The summed E-state index contributed by atoms with van der Waals surface area (Å²) >= 11 is 0. The first-order valence-electron chi connectivity index (χ1n) is 6.15. The zero-order valence-electron chi connectivity index (χ0n) is 10.2. The molecule has 0 atom stereocenters. The Morgan fingerprint density at radius 3 is 2.82 bits per heavy atom. The molecule has 2 rings (SSSR count). The van der Waals surface area contributed by atoms with Gasteiger partial charge in [-0.15, -0.1) is 0 Å². The lowest BCUT2D eigenvalue weighted by Crippen LogP contribution is -2.11. The van der Waals surface area contributed by atoms with Crippen LogP contribution in [0.5, 0.6) is 5.75 Å². The van der Waals surface area contributed by atoms with Crippen LogP contribution in [0.4, 0.5) is 5.69 Å². The van der Waals surface area contributed by atoms with Crippen molar-refractivity contribution in [2.75, 3.05) is 19.0 Å². The molecule has 0 aliphatic heterocycles. The predicted molar refractivity (Wildman–Crippen MR) is 68.2 cm³/mol. The lowest BCUT2D eigenvalue weighted by Gasteiger charge is -2.13. The largest absolute Gasteiger partial charge is 0.497 e. The van der Waals surface area contributed by atoms with Crippen molar-refractivity contribution in [3.8, 4) is 11.8 Å². The van der Waals surface area contributed by atoms with Gasteiger partial charge < -0.3 is 10.1 Å². The van der Waals surface area contributed by atoms with Gasteiger partial charge in [-0.25, -0.2) is 0 Å². The maximum Gasteiger partial charge on any atom is 0.121 e. The second-order valence-corrected chi connectivity index (χ2v) is 4.55. The zero-order chi connectivity index (χ0) is 12.1. The van der Waals surface area contributed by atoms with E-state index < -0.39 is 0 Å². The van der Waals surface area contributed by atoms with Gasteiger partial charge in [0, 0.05) is 12.6 Å². The molecular formula is C14H18N2O. The average Bonchev–Trinajstić information content (AvgIpc) is 2.89. The second kappa shape index (κ2) is 5.58. The molecule has 3 heteroatoms. The fourth-order valence-corrected chi connectivity index (χ4v) is 2.36. The smallest absolute Gasteiger partial charge is 0.121 e. The Kier molecular flexibility index (Phi) is 3.87. The molecule has 0 spiro atoms. The fraction of sp³-hybridized carbons (Fsp3) is 0.500. The van der Waals surface area contributed by atoms with Gasteiger partial charge in [-0.05, 0) is 30.9 Å². The summed E-state index contributed by atoms with van der Waals surface area (Å²) in [5, 5.41) is 12.4. The van der Waals surface area contributed by atoms with E-state index in [4.69, 9.17) is 10.00 Å². The van der Waals surface area contributed by atoms with E-state index in [1.807, 2.05) is 12.1 Å². The summed E-state index contributed by atoms with van der Waals surface area (Å²) in [6, 6.07) is 7.72. The Balaban J connectivity index is 2.04. The van der Waals surface area contributed by atoms with Gasteiger partial charge in [-0.1, -0.05) is 12.8 Å². The van der Waals surface area contributed by atoms with Crippen LogP contribution in [0.25, 0.3) is 0 Å². The molecule has 1 N–H and O–H groups in total. The van der Waals surface area contributed by atoms with Gasteiger partial charge in [0.25, 0.3) is 0 Å². The van der Waals surface area contributed by atoms with Crippen LogP contribution < -0.4 is 10.1 Å². The maximum absolute atomic E-state index is 9.04. The Bertz CT molecular complexity index is 417. The molecule has 0 bridgehead atoms. The molecule has 1 fully saturated rings. The van der Waals surface area contributed by atoms with Gasteiger partial charge >= 0.3 is 0 Å². The second-order valence-electron chi connectivity index (χ2n) is 4.55. The van der Waals surface area contributed by atoms with Crippen molar-refractivity contribution >= 4 is 5.69 Å². The van der Waals surface area contributed by atoms with Crippen molar-refractivity contribution in [2.45, 2.75) is 25.7 Å². The van der Waals surface area contributed by atoms with Crippen molar-refractivity contribution in [1.82, 2.24) is 0 Å². The van der Waals surface area contributed by atoms with Crippen LogP contribution in [0.3, 0.4) is 0 Å². The van der Waals surface area contributed by atoms with E-state index in [0.717, 1.165) is 23.9 Å². The zero-order valence-corrected chi connectivity index (χ0v) is 10.2. The maximum atomic E-state index is 9.04. The van der Waals surface area contributed by atoms with Crippen LogP contribution in [0, 0.1) is 17.2 Å². The number of ether oxygens (including phenoxy) is 1. The molecule has 1 aliphatic rings. The van der Waals surface area contributed by atoms with Gasteiger partial charge in [0.1, 0.15) is 11.8 Å². The van der Waals surface area contributed by atoms with E-state index in [9.17, 15) is 0 Å². The summed E-state index contributed by atoms with van der Waals surface area (Å²) in [4.78, 5) is 0. The monoisotopic (exact) mass is 230 g/mol. The molecule has 1 aromatic carbocycles. The SMILES string of the molecule is COc1ccc(C#N)c(NCC2CCCC2)c1. The molecule has 0 aromatic heterocycles. The van der Waals surface area contributed by atoms with Crippen LogP contribution in [-0.2, 0) is 0 Å². The standard InChI is InChI=1S/C14H18N2O/c1-17-13-7-6-12(9-15)14(8-13)16-10-11-4-2-3-5-11/h6-8,11,16H,2-5,10H2,1H3. The Morgan fingerprint density at radius 1 is 1.41 bits per heavy atom. The minimum Gasteiger partial charge on any atom is -0.497 e. The highest BCUT2D eigenvalue weighted by Gasteiger charge is 2.15. The molecule has 1 aromatic rings. The summed E-state index contributed by atoms with van der Waals surface area (Å²) in [6.07, 6.45) is 5.29.